The molecule has 1 saturated heterocycles. The number of carbonyl (C=O) groups excluding carboxylic acids is 1. The van der Waals surface area contributed by atoms with Gasteiger partial charge in [0.15, 0.2) is 5.82 Å². The molecule has 7 heteroatoms. The van der Waals surface area contributed by atoms with Gasteiger partial charge in [0.2, 0.25) is 5.91 Å². The first-order valence-corrected chi connectivity index (χ1v) is 9.49. The number of carbonyl (C=O) groups is 1. The van der Waals surface area contributed by atoms with E-state index in [1.54, 1.807) is 24.3 Å². The van der Waals surface area contributed by atoms with Crippen molar-refractivity contribution in [2.75, 3.05) is 23.3 Å². The first kappa shape index (κ1) is 19.0. The summed E-state index contributed by atoms with van der Waals surface area (Å²) < 4.78 is 26.6. The standard InChI is InChI=1S/C22H20F2N4O/c23-17-4-1-3-16(13-17)20-7-8-21(27-26-20)28-11-9-15(10-12-28)22(29)25-19-6-2-5-18(24)14-19/h1-8,13-15H,9-12H2,(H,25,29). The van der Waals surface area contributed by atoms with Crippen molar-refractivity contribution in [3.05, 3.63) is 72.3 Å². The number of anilines is 2. The number of aromatic nitrogens is 2. The van der Waals surface area contributed by atoms with Crippen molar-refractivity contribution in [1.82, 2.24) is 10.2 Å². The van der Waals surface area contributed by atoms with Crippen LogP contribution in [0.3, 0.4) is 0 Å². The van der Waals surface area contributed by atoms with E-state index in [0.717, 1.165) is 5.82 Å². The third kappa shape index (κ3) is 4.56. The van der Waals surface area contributed by atoms with Gasteiger partial charge in [0, 0.05) is 30.3 Å². The van der Waals surface area contributed by atoms with Crippen LogP contribution in [0.5, 0.6) is 0 Å². The smallest absolute Gasteiger partial charge is 0.227 e. The Labute approximate surface area is 167 Å². The quantitative estimate of drug-likeness (QED) is 0.718. The molecule has 1 aromatic heterocycles. The molecule has 1 aliphatic rings. The Balaban J connectivity index is 1.35. The van der Waals surface area contributed by atoms with Gasteiger partial charge in [0.25, 0.3) is 0 Å². The molecule has 3 aromatic rings. The predicted octanol–water partition coefficient (Wildman–Crippen LogP) is 4.28. The number of piperidine rings is 1. The van der Waals surface area contributed by atoms with Gasteiger partial charge in [0.05, 0.1) is 5.69 Å². The zero-order valence-corrected chi connectivity index (χ0v) is 15.7. The van der Waals surface area contributed by atoms with E-state index in [4.69, 9.17) is 0 Å². The minimum absolute atomic E-state index is 0.0946. The highest BCUT2D eigenvalue weighted by molar-refractivity contribution is 5.92. The minimum atomic E-state index is -0.377. The third-order valence-electron chi connectivity index (χ3n) is 5.05. The molecule has 1 aliphatic heterocycles. The van der Waals surface area contributed by atoms with Crippen LogP contribution < -0.4 is 10.2 Å². The highest BCUT2D eigenvalue weighted by Gasteiger charge is 2.26. The van der Waals surface area contributed by atoms with Crippen LogP contribution in [-0.4, -0.2) is 29.2 Å². The number of amides is 1. The van der Waals surface area contributed by atoms with Crippen LogP contribution in [0.2, 0.25) is 0 Å². The van der Waals surface area contributed by atoms with Gasteiger partial charge < -0.3 is 10.2 Å². The van der Waals surface area contributed by atoms with E-state index in [-0.39, 0.29) is 23.5 Å². The van der Waals surface area contributed by atoms with Crippen LogP contribution in [0.25, 0.3) is 11.3 Å². The number of nitrogens with one attached hydrogen (secondary N) is 1. The summed E-state index contributed by atoms with van der Waals surface area (Å²) in [6.45, 7) is 1.35. The lowest BCUT2D eigenvalue weighted by atomic mass is 9.95. The fourth-order valence-corrected chi connectivity index (χ4v) is 3.48. The van der Waals surface area contributed by atoms with E-state index in [9.17, 15) is 13.6 Å². The molecule has 1 N–H and O–H groups in total. The zero-order chi connectivity index (χ0) is 20.2. The van der Waals surface area contributed by atoms with Crippen LogP contribution in [0.4, 0.5) is 20.3 Å². The fourth-order valence-electron chi connectivity index (χ4n) is 3.48. The monoisotopic (exact) mass is 394 g/mol. The zero-order valence-electron chi connectivity index (χ0n) is 15.7. The summed E-state index contributed by atoms with van der Waals surface area (Å²) in [5.74, 6) is -0.184. The first-order valence-electron chi connectivity index (χ1n) is 9.49. The van der Waals surface area contributed by atoms with E-state index in [2.05, 4.69) is 20.4 Å². The Kier molecular flexibility index (Phi) is 5.46. The van der Waals surface area contributed by atoms with Crippen molar-refractivity contribution >= 4 is 17.4 Å². The molecule has 0 atom stereocenters. The van der Waals surface area contributed by atoms with Gasteiger partial charge in [-0.25, -0.2) is 8.78 Å². The van der Waals surface area contributed by atoms with Crippen molar-refractivity contribution in [1.29, 1.82) is 0 Å². The molecule has 0 unspecified atom stereocenters. The Morgan fingerprint density at radius 3 is 2.31 bits per heavy atom. The lowest BCUT2D eigenvalue weighted by Crippen LogP contribution is -2.38. The largest absolute Gasteiger partial charge is 0.355 e. The predicted molar refractivity (Wildman–Crippen MR) is 107 cm³/mol. The molecular formula is C22H20F2N4O. The van der Waals surface area contributed by atoms with Crippen LogP contribution in [0, 0.1) is 17.6 Å². The number of rotatable bonds is 4. The molecule has 2 aromatic carbocycles. The Morgan fingerprint density at radius 2 is 1.66 bits per heavy atom. The molecule has 29 heavy (non-hydrogen) atoms. The summed E-state index contributed by atoms with van der Waals surface area (Å²) in [6, 6.07) is 15.8. The molecule has 1 amide bonds. The highest BCUT2D eigenvalue weighted by atomic mass is 19.1. The molecule has 0 radical (unpaired) electrons. The Morgan fingerprint density at radius 1 is 0.931 bits per heavy atom. The number of hydrogen-bond acceptors (Lipinski definition) is 4. The summed E-state index contributed by atoms with van der Waals surface area (Å²) in [6.07, 6.45) is 1.35. The van der Waals surface area contributed by atoms with Crippen LogP contribution in [0.15, 0.2) is 60.7 Å². The lowest BCUT2D eigenvalue weighted by Gasteiger charge is -2.31. The topological polar surface area (TPSA) is 58.1 Å². The normalized spacial score (nSPS) is 14.6. The molecule has 4 rings (SSSR count). The molecule has 0 saturated carbocycles. The molecular weight excluding hydrogens is 374 g/mol. The Hall–Kier alpha value is -3.35. The van der Waals surface area contributed by atoms with Gasteiger partial charge in [-0.1, -0.05) is 18.2 Å². The van der Waals surface area contributed by atoms with Crippen molar-refractivity contribution < 1.29 is 13.6 Å². The number of halogens is 2. The third-order valence-corrected chi connectivity index (χ3v) is 5.05. The van der Waals surface area contributed by atoms with E-state index in [1.165, 1.54) is 24.3 Å². The van der Waals surface area contributed by atoms with Crippen molar-refractivity contribution in [2.24, 2.45) is 5.92 Å². The summed E-state index contributed by atoms with van der Waals surface area (Å²) >= 11 is 0. The number of benzene rings is 2. The van der Waals surface area contributed by atoms with Gasteiger partial charge in [-0.3, -0.25) is 4.79 Å². The summed E-state index contributed by atoms with van der Waals surface area (Å²) in [7, 11) is 0. The van der Waals surface area contributed by atoms with Gasteiger partial charge >= 0.3 is 0 Å². The first-order chi connectivity index (χ1) is 14.1. The minimum Gasteiger partial charge on any atom is -0.355 e. The molecule has 1 fully saturated rings. The molecule has 0 spiro atoms. The molecule has 148 valence electrons. The average Bonchev–Trinajstić information content (AvgIpc) is 2.74. The van der Waals surface area contributed by atoms with Crippen molar-refractivity contribution in [3.63, 3.8) is 0 Å². The molecule has 2 heterocycles. The van der Waals surface area contributed by atoms with Gasteiger partial charge in [-0.15, -0.1) is 10.2 Å². The van der Waals surface area contributed by atoms with Crippen LogP contribution >= 0.6 is 0 Å². The number of hydrogen-bond donors (Lipinski definition) is 1. The highest BCUT2D eigenvalue weighted by Crippen LogP contribution is 2.24. The van der Waals surface area contributed by atoms with Crippen molar-refractivity contribution in [3.8, 4) is 11.3 Å². The second-order valence-electron chi connectivity index (χ2n) is 7.05. The fraction of sp³-hybridized carbons (Fsp3) is 0.227. The second kappa shape index (κ2) is 8.34. The van der Waals surface area contributed by atoms with Gasteiger partial charge in [0.1, 0.15) is 11.6 Å². The average molecular weight is 394 g/mol. The second-order valence-corrected chi connectivity index (χ2v) is 7.05. The summed E-state index contributed by atoms with van der Waals surface area (Å²) in [5.41, 5.74) is 1.76. The maximum Gasteiger partial charge on any atom is 0.227 e. The maximum atomic E-state index is 13.4. The molecule has 0 bridgehead atoms. The van der Waals surface area contributed by atoms with Gasteiger partial charge in [-0.2, -0.15) is 0 Å². The van der Waals surface area contributed by atoms with Crippen LogP contribution in [-0.2, 0) is 4.79 Å². The lowest BCUT2D eigenvalue weighted by molar-refractivity contribution is -0.120. The van der Waals surface area contributed by atoms with E-state index in [0.29, 0.717) is 42.9 Å². The summed E-state index contributed by atoms with van der Waals surface area (Å²) in [4.78, 5) is 14.5. The van der Waals surface area contributed by atoms with Gasteiger partial charge in [-0.05, 0) is 55.3 Å². The van der Waals surface area contributed by atoms with Crippen LogP contribution in [0.1, 0.15) is 12.8 Å². The summed E-state index contributed by atoms with van der Waals surface area (Å²) in [5, 5.41) is 11.3. The number of nitrogens with zero attached hydrogens (tertiary/aromatic N) is 3. The van der Waals surface area contributed by atoms with E-state index >= 15 is 0 Å². The maximum absolute atomic E-state index is 13.4. The van der Waals surface area contributed by atoms with Crippen molar-refractivity contribution in [2.45, 2.75) is 12.8 Å². The van der Waals surface area contributed by atoms with E-state index in [1.807, 2.05) is 12.1 Å². The molecule has 0 aliphatic carbocycles. The molecule has 5 nitrogen and oxygen atoms in total. The Bertz CT molecular complexity index is 1000. The SMILES string of the molecule is O=C(Nc1cccc(F)c1)C1CCN(c2ccc(-c3cccc(F)c3)nn2)CC1. The van der Waals surface area contributed by atoms with E-state index < -0.39 is 0 Å².